The summed E-state index contributed by atoms with van der Waals surface area (Å²) in [5.74, 6) is 1.58. The van der Waals surface area contributed by atoms with Gasteiger partial charge in [0.25, 0.3) is 0 Å². The average Bonchev–Trinajstić information content (AvgIpc) is 2.46. The predicted molar refractivity (Wildman–Crippen MR) is 73.9 cm³/mol. The van der Waals surface area contributed by atoms with Gasteiger partial charge in [0.2, 0.25) is 5.95 Å². The molecule has 7 nitrogen and oxygen atoms in total. The Morgan fingerprint density at radius 3 is 2.25 bits per heavy atom. The van der Waals surface area contributed by atoms with Crippen molar-refractivity contribution in [1.29, 1.82) is 0 Å². The van der Waals surface area contributed by atoms with Gasteiger partial charge in [-0.15, -0.1) is 0 Å². The van der Waals surface area contributed by atoms with Gasteiger partial charge in [0.05, 0.1) is 20.8 Å². The Morgan fingerprint density at radius 2 is 1.70 bits per heavy atom. The fourth-order valence-corrected chi connectivity index (χ4v) is 1.75. The number of hydrogen-bond acceptors (Lipinski definition) is 7. The summed E-state index contributed by atoms with van der Waals surface area (Å²) in [6, 6.07) is 5.56. The number of rotatable bonds is 5. The summed E-state index contributed by atoms with van der Waals surface area (Å²) in [5, 5.41) is 0. The van der Waals surface area contributed by atoms with E-state index in [1.54, 1.807) is 26.4 Å². The van der Waals surface area contributed by atoms with Gasteiger partial charge in [-0.3, -0.25) is 0 Å². The zero-order valence-electron chi connectivity index (χ0n) is 11.6. The van der Waals surface area contributed by atoms with Crippen molar-refractivity contribution >= 4 is 5.95 Å². The molecule has 0 saturated carbocycles. The molecule has 0 spiro atoms. The normalized spacial score (nSPS) is 10.2. The van der Waals surface area contributed by atoms with E-state index in [4.69, 9.17) is 19.9 Å². The van der Waals surface area contributed by atoms with Crippen molar-refractivity contribution in [3.8, 4) is 28.9 Å². The highest BCUT2D eigenvalue weighted by atomic mass is 16.5. The van der Waals surface area contributed by atoms with Gasteiger partial charge in [-0.1, -0.05) is 6.07 Å². The van der Waals surface area contributed by atoms with Crippen LogP contribution < -0.4 is 19.9 Å². The average molecular weight is 276 g/mol. The lowest BCUT2D eigenvalue weighted by Gasteiger charge is -2.12. The Kier molecular flexibility index (Phi) is 4.19. The van der Waals surface area contributed by atoms with Crippen molar-refractivity contribution in [3.63, 3.8) is 0 Å². The molecule has 20 heavy (non-hydrogen) atoms. The van der Waals surface area contributed by atoms with E-state index >= 15 is 0 Å². The van der Waals surface area contributed by atoms with Gasteiger partial charge in [0.1, 0.15) is 17.1 Å². The number of benzene rings is 1. The summed E-state index contributed by atoms with van der Waals surface area (Å²) in [6.07, 6.45) is 0. The maximum atomic E-state index is 5.69. The quantitative estimate of drug-likeness (QED) is 0.885. The summed E-state index contributed by atoms with van der Waals surface area (Å²) < 4.78 is 15.9. The summed E-state index contributed by atoms with van der Waals surface area (Å²) in [4.78, 5) is 12.3. The van der Waals surface area contributed by atoms with Crippen LogP contribution in [0.15, 0.2) is 18.2 Å². The van der Waals surface area contributed by atoms with Crippen LogP contribution in [0.5, 0.6) is 17.5 Å². The molecule has 7 heteroatoms. The summed E-state index contributed by atoms with van der Waals surface area (Å²) >= 11 is 0. The number of ether oxygens (including phenoxy) is 3. The third kappa shape index (κ3) is 2.71. The van der Waals surface area contributed by atoms with Crippen LogP contribution in [0.2, 0.25) is 0 Å². The fraction of sp³-hybridized carbons (Fsp3) is 0.308. The minimum Gasteiger partial charge on any atom is -0.496 e. The molecule has 1 aromatic carbocycles. The third-order valence-electron chi connectivity index (χ3n) is 2.56. The second kappa shape index (κ2) is 6.05. The standard InChI is InChI=1S/C13H16N4O3/c1-4-20-13-16-11(15-12(14)17-13)10-8(18-2)6-5-7-9(10)19-3/h5-7H,4H2,1-3H3,(H2,14,15,16,17). The Labute approximate surface area is 116 Å². The molecule has 0 aliphatic rings. The Balaban J connectivity index is 2.60. The van der Waals surface area contributed by atoms with Crippen LogP contribution in [0.25, 0.3) is 11.4 Å². The van der Waals surface area contributed by atoms with E-state index < -0.39 is 0 Å². The van der Waals surface area contributed by atoms with Crippen LogP contribution in [-0.2, 0) is 0 Å². The predicted octanol–water partition coefficient (Wildman–Crippen LogP) is 1.54. The molecule has 0 unspecified atom stereocenters. The summed E-state index contributed by atoms with van der Waals surface area (Å²) in [7, 11) is 3.12. The van der Waals surface area contributed by atoms with E-state index in [1.807, 2.05) is 13.0 Å². The largest absolute Gasteiger partial charge is 0.496 e. The minimum atomic E-state index is 0.0754. The molecule has 0 saturated heterocycles. The lowest BCUT2D eigenvalue weighted by molar-refractivity contribution is 0.312. The molecule has 1 aromatic heterocycles. The Hall–Kier alpha value is -2.57. The maximum absolute atomic E-state index is 5.69. The van der Waals surface area contributed by atoms with E-state index in [2.05, 4.69) is 15.0 Å². The number of nitrogen functional groups attached to an aromatic ring is 1. The van der Waals surface area contributed by atoms with Gasteiger partial charge in [0.15, 0.2) is 5.82 Å². The van der Waals surface area contributed by atoms with Gasteiger partial charge in [0, 0.05) is 0 Å². The smallest absolute Gasteiger partial charge is 0.321 e. The zero-order chi connectivity index (χ0) is 14.5. The van der Waals surface area contributed by atoms with Crippen molar-refractivity contribution < 1.29 is 14.2 Å². The van der Waals surface area contributed by atoms with Crippen molar-refractivity contribution in [1.82, 2.24) is 15.0 Å². The first-order valence-electron chi connectivity index (χ1n) is 6.05. The van der Waals surface area contributed by atoms with Crippen molar-refractivity contribution in [2.45, 2.75) is 6.92 Å². The van der Waals surface area contributed by atoms with Gasteiger partial charge >= 0.3 is 6.01 Å². The van der Waals surface area contributed by atoms with Crippen molar-refractivity contribution in [2.75, 3.05) is 26.6 Å². The summed E-state index contributed by atoms with van der Waals surface area (Å²) in [5.41, 5.74) is 6.29. The van der Waals surface area contributed by atoms with Crippen LogP contribution in [0.3, 0.4) is 0 Å². The number of hydrogen-bond donors (Lipinski definition) is 1. The lowest BCUT2D eigenvalue weighted by atomic mass is 10.1. The fourth-order valence-electron chi connectivity index (χ4n) is 1.75. The molecule has 0 fully saturated rings. The molecular weight excluding hydrogens is 260 g/mol. The first-order chi connectivity index (χ1) is 9.69. The number of aromatic nitrogens is 3. The van der Waals surface area contributed by atoms with Crippen LogP contribution in [0.4, 0.5) is 5.95 Å². The molecule has 1 heterocycles. The number of anilines is 1. The molecule has 2 rings (SSSR count). The monoisotopic (exact) mass is 276 g/mol. The maximum Gasteiger partial charge on any atom is 0.321 e. The second-order valence-electron chi connectivity index (χ2n) is 3.77. The highest BCUT2D eigenvalue weighted by Gasteiger charge is 2.17. The molecule has 0 radical (unpaired) electrons. The first-order valence-corrected chi connectivity index (χ1v) is 6.05. The van der Waals surface area contributed by atoms with Gasteiger partial charge in [-0.05, 0) is 19.1 Å². The molecule has 0 aliphatic carbocycles. The number of nitrogens with two attached hydrogens (primary N) is 1. The minimum absolute atomic E-state index is 0.0754. The van der Waals surface area contributed by atoms with E-state index in [0.29, 0.717) is 29.5 Å². The van der Waals surface area contributed by atoms with E-state index in [9.17, 15) is 0 Å². The van der Waals surface area contributed by atoms with Crippen molar-refractivity contribution in [2.24, 2.45) is 0 Å². The van der Waals surface area contributed by atoms with Crippen molar-refractivity contribution in [3.05, 3.63) is 18.2 Å². The van der Waals surface area contributed by atoms with Gasteiger partial charge in [-0.25, -0.2) is 0 Å². The highest BCUT2D eigenvalue weighted by molar-refractivity contribution is 5.72. The molecule has 0 amide bonds. The zero-order valence-corrected chi connectivity index (χ0v) is 11.6. The lowest BCUT2D eigenvalue weighted by Crippen LogP contribution is -2.06. The molecule has 0 bridgehead atoms. The summed E-state index contributed by atoms with van der Waals surface area (Å²) in [6.45, 7) is 2.27. The van der Waals surface area contributed by atoms with E-state index in [1.165, 1.54) is 0 Å². The number of nitrogens with zero attached hydrogens (tertiary/aromatic N) is 3. The number of methoxy groups -OCH3 is 2. The van der Waals surface area contributed by atoms with Crippen LogP contribution in [-0.4, -0.2) is 35.8 Å². The molecule has 0 aliphatic heterocycles. The molecule has 106 valence electrons. The van der Waals surface area contributed by atoms with Crippen LogP contribution in [0, 0.1) is 0 Å². The molecule has 0 atom stereocenters. The molecular formula is C13H16N4O3. The third-order valence-corrected chi connectivity index (χ3v) is 2.56. The Morgan fingerprint density at radius 1 is 1.05 bits per heavy atom. The molecule has 2 N–H and O–H groups in total. The highest BCUT2D eigenvalue weighted by Crippen LogP contribution is 2.36. The Bertz CT molecular complexity index is 582. The molecule has 2 aromatic rings. The van der Waals surface area contributed by atoms with Crippen LogP contribution >= 0.6 is 0 Å². The van der Waals surface area contributed by atoms with Gasteiger partial charge < -0.3 is 19.9 Å². The first kappa shape index (κ1) is 13.9. The SMILES string of the molecule is CCOc1nc(N)nc(-c2c(OC)cccc2OC)n1. The topological polar surface area (TPSA) is 92.4 Å². The van der Waals surface area contributed by atoms with E-state index in [0.717, 1.165) is 0 Å². The second-order valence-corrected chi connectivity index (χ2v) is 3.77. The van der Waals surface area contributed by atoms with Gasteiger partial charge in [-0.2, -0.15) is 15.0 Å². The van der Waals surface area contributed by atoms with E-state index in [-0.39, 0.29) is 12.0 Å². The van der Waals surface area contributed by atoms with Crippen LogP contribution in [0.1, 0.15) is 6.92 Å².